The van der Waals surface area contributed by atoms with Gasteiger partial charge in [0.1, 0.15) is 11.3 Å². The van der Waals surface area contributed by atoms with Gasteiger partial charge in [-0.25, -0.2) is 0 Å². The van der Waals surface area contributed by atoms with E-state index in [1.54, 1.807) is 13.8 Å². The van der Waals surface area contributed by atoms with Crippen LogP contribution in [0.1, 0.15) is 45.6 Å². The molecule has 0 amide bonds. The standard InChI is InChI=1S/C17H27NO3/c1-4-6-7-14-8-10-15(11-9-14)21-13-12-17(3,18)16(19)20-5-2/h8-11H,4-7,12-13,18H2,1-3H3. The van der Waals surface area contributed by atoms with E-state index in [1.807, 2.05) is 12.1 Å². The molecular weight excluding hydrogens is 266 g/mol. The molecule has 1 atom stereocenters. The Morgan fingerprint density at radius 2 is 1.90 bits per heavy atom. The molecule has 0 aromatic heterocycles. The maximum atomic E-state index is 11.6. The molecule has 0 saturated carbocycles. The first kappa shape index (κ1) is 17.5. The third kappa shape index (κ3) is 6.17. The van der Waals surface area contributed by atoms with Crippen LogP contribution < -0.4 is 10.5 Å². The maximum Gasteiger partial charge on any atom is 0.325 e. The number of unbranched alkanes of at least 4 members (excludes halogenated alkanes) is 1. The summed E-state index contributed by atoms with van der Waals surface area (Å²) in [6.07, 6.45) is 3.91. The summed E-state index contributed by atoms with van der Waals surface area (Å²) < 4.78 is 10.6. The Kier molecular flexibility index (Phi) is 7.23. The van der Waals surface area contributed by atoms with Gasteiger partial charge in [0, 0.05) is 6.42 Å². The smallest absolute Gasteiger partial charge is 0.325 e. The van der Waals surface area contributed by atoms with Crippen LogP contribution in [-0.4, -0.2) is 24.7 Å². The molecule has 4 heteroatoms. The normalized spacial score (nSPS) is 13.5. The van der Waals surface area contributed by atoms with E-state index in [0.29, 0.717) is 19.6 Å². The van der Waals surface area contributed by atoms with Gasteiger partial charge in [0.05, 0.1) is 13.2 Å². The number of hydrogen-bond acceptors (Lipinski definition) is 4. The van der Waals surface area contributed by atoms with Crippen LogP contribution in [0.25, 0.3) is 0 Å². The van der Waals surface area contributed by atoms with E-state index in [1.165, 1.54) is 18.4 Å². The van der Waals surface area contributed by atoms with Crippen molar-refractivity contribution in [2.24, 2.45) is 5.73 Å². The molecule has 1 aromatic rings. The van der Waals surface area contributed by atoms with Gasteiger partial charge in [-0.3, -0.25) is 4.79 Å². The predicted octanol–water partition coefficient (Wildman–Crippen LogP) is 3.08. The molecule has 118 valence electrons. The van der Waals surface area contributed by atoms with E-state index in [9.17, 15) is 4.79 Å². The lowest BCUT2D eigenvalue weighted by Gasteiger charge is -2.22. The lowest BCUT2D eigenvalue weighted by molar-refractivity contribution is -0.149. The number of esters is 1. The molecule has 0 aliphatic carbocycles. The monoisotopic (exact) mass is 293 g/mol. The number of ether oxygens (including phenoxy) is 2. The summed E-state index contributed by atoms with van der Waals surface area (Å²) in [5, 5.41) is 0. The summed E-state index contributed by atoms with van der Waals surface area (Å²) in [5.74, 6) is 0.415. The van der Waals surface area contributed by atoms with Crippen molar-refractivity contribution in [3.05, 3.63) is 29.8 Å². The van der Waals surface area contributed by atoms with Crippen molar-refractivity contribution in [2.75, 3.05) is 13.2 Å². The van der Waals surface area contributed by atoms with Crippen molar-refractivity contribution in [3.63, 3.8) is 0 Å². The summed E-state index contributed by atoms with van der Waals surface area (Å²) in [6.45, 7) is 6.35. The minimum atomic E-state index is -1.00. The van der Waals surface area contributed by atoms with E-state index >= 15 is 0 Å². The Balaban J connectivity index is 2.39. The first-order valence-corrected chi connectivity index (χ1v) is 7.67. The van der Waals surface area contributed by atoms with Crippen molar-refractivity contribution in [1.82, 2.24) is 0 Å². The molecule has 0 spiro atoms. The van der Waals surface area contributed by atoms with E-state index in [2.05, 4.69) is 19.1 Å². The first-order valence-electron chi connectivity index (χ1n) is 7.67. The van der Waals surface area contributed by atoms with Crippen molar-refractivity contribution < 1.29 is 14.3 Å². The fraction of sp³-hybridized carbons (Fsp3) is 0.588. The molecular formula is C17H27NO3. The lowest BCUT2D eigenvalue weighted by Crippen LogP contribution is -2.47. The Morgan fingerprint density at radius 1 is 1.24 bits per heavy atom. The van der Waals surface area contributed by atoms with Crippen LogP contribution in [-0.2, 0) is 16.0 Å². The fourth-order valence-electron chi connectivity index (χ4n) is 1.91. The minimum Gasteiger partial charge on any atom is -0.494 e. The molecule has 1 aromatic carbocycles. The first-order chi connectivity index (χ1) is 9.99. The van der Waals surface area contributed by atoms with Gasteiger partial charge in [-0.2, -0.15) is 0 Å². The van der Waals surface area contributed by atoms with Crippen LogP contribution in [0.2, 0.25) is 0 Å². The molecule has 2 N–H and O–H groups in total. The van der Waals surface area contributed by atoms with E-state index in [0.717, 1.165) is 12.2 Å². The summed E-state index contributed by atoms with van der Waals surface area (Å²) >= 11 is 0. The quantitative estimate of drug-likeness (QED) is 0.711. The zero-order valence-electron chi connectivity index (χ0n) is 13.4. The molecule has 0 bridgehead atoms. The minimum absolute atomic E-state index is 0.339. The molecule has 1 rings (SSSR count). The van der Waals surface area contributed by atoms with Crippen molar-refractivity contribution in [2.45, 2.75) is 52.0 Å². The molecule has 4 nitrogen and oxygen atoms in total. The number of carbonyl (C=O) groups is 1. The average molecular weight is 293 g/mol. The summed E-state index contributed by atoms with van der Waals surface area (Å²) in [5.41, 5.74) is 6.25. The van der Waals surface area contributed by atoms with E-state index < -0.39 is 5.54 Å². The van der Waals surface area contributed by atoms with Crippen LogP contribution in [0.5, 0.6) is 5.75 Å². The zero-order valence-corrected chi connectivity index (χ0v) is 13.4. The van der Waals surface area contributed by atoms with Crippen LogP contribution in [0.4, 0.5) is 0 Å². The number of carbonyl (C=O) groups excluding carboxylic acids is 1. The topological polar surface area (TPSA) is 61.5 Å². The maximum absolute atomic E-state index is 11.6. The number of rotatable bonds is 9. The second-order valence-corrected chi connectivity index (χ2v) is 5.48. The molecule has 0 heterocycles. The Hall–Kier alpha value is -1.55. The van der Waals surface area contributed by atoms with Gasteiger partial charge in [-0.1, -0.05) is 25.5 Å². The van der Waals surface area contributed by atoms with Gasteiger partial charge in [0.15, 0.2) is 0 Å². The molecule has 0 aliphatic rings. The fourth-order valence-corrected chi connectivity index (χ4v) is 1.91. The number of aryl methyl sites for hydroxylation is 1. The van der Waals surface area contributed by atoms with Crippen LogP contribution in [0, 0.1) is 0 Å². The summed E-state index contributed by atoms with van der Waals surface area (Å²) in [7, 11) is 0. The van der Waals surface area contributed by atoms with Crippen LogP contribution in [0.3, 0.4) is 0 Å². The molecule has 0 radical (unpaired) electrons. The number of nitrogens with two attached hydrogens (primary N) is 1. The van der Waals surface area contributed by atoms with E-state index in [4.69, 9.17) is 15.2 Å². The summed E-state index contributed by atoms with van der Waals surface area (Å²) in [6, 6.07) is 8.09. The SMILES string of the molecule is CCCCc1ccc(OCCC(C)(N)C(=O)OCC)cc1. The number of benzene rings is 1. The second-order valence-electron chi connectivity index (χ2n) is 5.48. The Morgan fingerprint density at radius 3 is 2.48 bits per heavy atom. The van der Waals surface area contributed by atoms with E-state index in [-0.39, 0.29) is 5.97 Å². The van der Waals surface area contributed by atoms with Crippen molar-refractivity contribution >= 4 is 5.97 Å². The molecule has 21 heavy (non-hydrogen) atoms. The van der Waals surface area contributed by atoms with Gasteiger partial charge >= 0.3 is 5.97 Å². The largest absolute Gasteiger partial charge is 0.494 e. The van der Waals surface area contributed by atoms with Crippen molar-refractivity contribution in [3.8, 4) is 5.75 Å². The Bertz CT molecular complexity index is 426. The van der Waals surface area contributed by atoms with Crippen LogP contribution in [0.15, 0.2) is 24.3 Å². The van der Waals surface area contributed by atoms with Gasteiger partial charge in [0.2, 0.25) is 0 Å². The molecule has 0 aliphatic heterocycles. The third-order valence-corrected chi connectivity index (χ3v) is 3.37. The number of hydrogen-bond donors (Lipinski definition) is 1. The highest BCUT2D eigenvalue weighted by atomic mass is 16.5. The molecule has 0 saturated heterocycles. The van der Waals surface area contributed by atoms with Gasteiger partial charge < -0.3 is 15.2 Å². The summed E-state index contributed by atoms with van der Waals surface area (Å²) in [4.78, 5) is 11.6. The second kappa shape index (κ2) is 8.67. The average Bonchev–Trinajstić information content (AvgIpc) is 2.46. The van der Waals surface area contributed by atoms with Crippen LogP contribution >= 0.6 is 0 Å². The molecule has 0 fully saturated rings. The third-order valence-electron chi connectivity index (χ3n) is 3.37. The van der Waals surface area contributed by atoms with Gasteiger partial charge in [-0.15, -0.1) is 0 Å². The zero-order chi connectivity index (χ0) is 15.7. The highest BCUT2D eigenvalue weighted by Crippen LogP contribution is 2.16. The van der Waals surface area contributed by atoms with Gasteiger partial charge in [0.25, 0.3) is 0 Å². The Labute approximate surface area is 127 Å². The lowest BCUT2D eigenvalue weighted by atomic mass is 10.0. The molecule has 1 unspecified atom stereocenters. The van der Waals surface area contributed by atoms with Crippen molar-refractivity contribution in [1.29, 1.82) is 0 Å². The highest BCUT2D eigenvalue weighted by molar-refractivity contribution is 5.79. The van der Waals surface area contributed by atoms with Gasteiger partial charge in [-0.05, 0) is 44.4 Å². The highest BCUT2D eigenvalue weighted by Gasteiger charge is 2.29. The predicted molar refractivity (Wildman–Crippen MR) is 84.4 cm³/mol.